The number of imidazole rings is 1. The lowest BCUT2D eigenvalue weighted by atomic mass is 10.2. The minimum Gasteiger partial charge on any atom is -0.418 e. The van der Waals surface area contributed by atoms with Crippen LogP contribution in [0.5, 0.6) is 0 Å². The van der Waals surface area contributed by atoms with Crippen molar-refractivity contribution in [3.8, 4) is 0 Å². The number of hydrogen-bond acceptors (Lipinski definition) is 1. The second-order valence-electron chi connectivity index (χ2n) is 3.51. The molecule has 1 aromatic rings. The van der Waals surface area contributed by atoms with Crippen LogP contribution in [0.25, 0.3) is 0 Å². The Balaban J connectivity index is 0.000000494. The molecule has 9 heteroatoms. The number of rotatable bonds is 5. The van der Waals surface area contributed by atoms with Crippen LogP contribution in [0.4, 0.5) is 17.3 Å². The third kappa shape index (κ3) is 12.5. The van der Waals surface area contributed by atoms with Crippen LogP contribution in [0, 0.1) is 0 Å². The molecule has 1 amide bonds. The van der Waals surface area contributed by atoms with Crippen LogP contribution in [0.2, 0.25) is 0 Å². The summed E-state index contributed by atoms with van der Waals surface area (Å²) in [6.07, 6.45) is 9.04. The molecule has 0 unspecified atom stereocenters. The van der Waals surface area contributed by atoms with Crippen molar-refractivity contribution in [3.63, 3.8) is 0 Å². The molecule has 0 aliphatic heterocycles. The number of aromatic nitrogens is 2. The number of carbonyl (C=O) groups is 1. The van der Waals surface area contributed by atoms with E-state index >= 15 is 0 Å². The lowest BCUT2D eigenvalue weighted by Gasteiger charge is -1.98. The van der Waals surface area contributed by atoms with Crippen molar-refractivity contribution in [1.29, 1.82) is 0 Å². The Morgan fingerprint density at radius 3 is 2.39 bits per heavy atom. The Labute approximate surface area is 102 Å². The maximum Gasteiger partial charge on any atom is 0.673 e. The molecule has 4 nitrogen and oxygen atoms in total. The Morgan fingerprint density at radius 1 is 1.33 bits per heavy atom. The van der Waals surface area contributed by atoms with E-state index in [4.69, 9.17) is 0 Å². The van der Waals surface area contributed by atoms with Crippen LogP contribution in [-0.2, 0) is 4.79 Å². The van der Waals surface area contributed by atoms with E-state index < -0.39 is 7.25 Å². The first-order chi connectivity index (χ1) is 8.33. The molecule has 0 spiro atoms. The van der Waals surface area contributed by atoms with Gasteiger partial charge in [-0.15, -0.1) is 4.68 Å². The summed E-state index contributed by atoms with van der Waals surface area (Å²) in [5, 5.41) is 0. The van der Waals surface area contributed by atoms with Gasteiger partial charge >= 0.3 is 7.25 Å². The zero-order chi connectivity index (χ0) is 14.0. The van der Waals surface area contributed by atoms with Crippen molar-refractivity contribution >= 4 is 13.2 Å². The number of nitrogens with zero attached hydrogens (tertiary/aromatic N) is 1. The average molecular weight is 269 g/mol. The smallest absolute Gasteiger partial charge is 0.418 e. The zero-order valence-corrected chi connectivity index (χ0v) is 10.0. The molecule has 0 radical (unpaired) electrons. The SMILES string of the molecule is CCCCCC(=O)N[n+]1cc[nH]c1.F[B-](F)(F)F. The van der Waals surface area contributed by atoms with E-state index in [1.165, 1.54) is 0 Å². The molecule has 104 valence electrons. The highest BCUT2D eigenvalue weighted by Gasteiger charge is 2.20. The first kappa shape index (κ1) is 16.5. The van der Waals surface area contributed by atoms with Gasteiger partial charge in [0, 0.05) is 6.42 Å². The number of carbonyl (C=O) groups excluding carboxylic acids is 1. The number of amides is 1. The molecule has 1 aromatic heterocycles. The molecule has 0 aromatic carbocycles. The van der Waals surface area contributed by atoms with Gasteiger partial charge in [-0.3, -0.25) is 4.79 Å². The topological polar surface area (TPSA) is 48.8 Å². The van der Waals surface area contributed by atoms with Crippen molar-refractivity contribution in [1.82, 2.24) is 4.98 Å². The van der Waals surface area contributed by atoms with E-state index in [9.17, 15) is 22.1 Å². The third-order valence-corrected chi connectivity index (χ3v) is 1.81. The molecule has 0 bridgehead atoms. The van der Waals surface area contributed by atoms with E-state index in [-0.39, 0.29) is 5.91 Å². The molecular weight excluding hydrogens is 253 g/mol. The fraction of sp³-hybridized carbons (Fsp3) is 0.556. The zero-order valence-electron chi connectivity index (χ0n) is 10.0. The summed E-state index contributed by atoms with van der Waals surface area (Å²) < 4.78 is 40.6. The van der Waals surface area contributed by atoms with Gasteiger partial charge in [-0.2, -0.15) is 5.43 Å². The molecule has 2 N–H and O–H groups in total. The van der Waals surface area contributed by atoms with E-state index in [1.54, 1.807) is 23.4 Å². The first-order valence-corrected chi connectivity index (χ1v) is 5.54. The minimum absolute atomic E-state index is 0.0676. The van der Waals surface area contributed by atoms with Crippen molar-refractivity contribution in [2.45, 2.75) is 32.6 Å². The van der Waals surface area contributed by atoms with Gasteiger partial charge < -0.3 is 17.3 Å². The summed E-state index contributed by atoms with van der Waals surface area (Å²) in [6.45, 7) is 2.12. The Bertz CT molecular complexity index is 323. The fourth-order valence-corrected chi connectivity index (χ4v) is 1.09. The van der Waals surface area contributed by atoms with Gasteiger partial charge in [-0.05, 0) is 6.42 Å². The molecule has 0 saturated heterocycles. The van der Waals surface area contributed by atoms with Gasteiger partial charge in [0.1, 0.15) is 6.20 Å². The van der Waals surface area contributed by atoms with Gasteiger partial charge in [0.2, 0.25) is 0 Å². The van der Waals surface area contributed by atoms with Crippen LogP contribution >= 0.6 is 0 Å². The second-order valence-corrected chi connectivity index (χ2v) is 3.51. The summed E-state index contributed by atoms with van der Waals surface area (Å²) in [7, 11) is -6.00. The number of aromatic amines is 1. The molecule has 0 aliphatic carbocycles. The van der Waals surface area contributed by atoms with E-state index in [2.05, 4.69) is 17.3 Å². The number of unbranched alkanes of at least 4 members (excludes halogenated alkanes) is 2. The van der Waals surface area contributed by atoms with Crippen LogP contribution in [-0.4, -0.2) is 18.1 Å². The molecular formula is C9H16BF4N3O. The highest BCUT2D eigenvalue weighted by molar-refractivity contribution is 6.50. The molecule has 1 rings (SSSR count). The van der Waals surface area contributed by atoms with E-state index in [1.807, 2.05) is 0 Å². The Kier molecular flexibility index (Phi) is 7.81. The Morgan fingerprint density at radius 2 is 1.94 bits per heavy atom. The monoisotopic (exact) mass is 269 g/mol. The highest BCUT2D eigenvalue weighted by atomic mass is 19.5. The largest absolute Gasteiger partial charge is 0.673 e. The summed E-state index contributed by atoms with van der Waals surface area (Å²) in [5.41, 5.74) is 2.73. The van der Waals surface area contributed by atoms with Crippen molar-refractivity contribution in [2.24, 2.45) is 0 Å². The summed E-state index contributed by atoms with van der Waals surface area (Å²) >= 11 is 0. The van der Waals surface area contributed by atoms with Gasteiger partial charge in [-0.25, -0.2) is 4.98 Å². The van der Waals surface area contributed by atoms with Crippen LogP contribution in [0.1, 0.15) is 32.6 Å². The van der Waals surface area contributed by atoms with Crippen molar-refractivity contribution in [2.75, 3.05) is 5.43 Å². The van der Waals surface area contributed by atoms with Gasteiger partial charge in [0.25, 0.3) is 12.2 Å². The average Bonchev–Trinajstić information content (AvgIpc) is 2.68. The fourth-order valence-electron chi connectivity index (χ4n) is 1.09. The molecule has 0 fully saturated rings. The summed E-state index contributed by atoms with van der Waals surface area (Å²) in [5.74, 6) is 0.0676. The van der Waals surface area contributed by atoms with Crippen molar-refractivity contribution < 1.29 is 26.7 Å². The lowest BCUT2D eigenvalue weighted by Crippen LogP contribution is -2.46. The molecule has 0 atom stereocenters. The van der Waals surface area contributed by atoms with Gasteiger partial charge in [0.15, 0.2) is 6.20 Å². The minimum atomic E-state index is -6.00. The summed E-state index contributed by atoms with van der Waals surface area (Å²) in [4.78, 5) is 14.1. The predicted octanol–water partition coefficient (Wildman–Crippen LogP) is 2.25. The van der Waals surface area contributed by atoms with Crippen LogP contribution in [0.3, 0.4) is 0 Å². The third-order valence-electron chi connectivity index (χ3n) is 1.81. The number of nitrogens with one attached hydrogen (secondary N) is 2. The molecule has 18 heavy (non-hydrogen) atoms. The van der Waals surface area contributed by atoms with Gasteiger partial charge in [-0.1, -0.05) is 19.8 Å². The molecule has 0 aliphatic rings. The second kappa shape index (κ2) is 8.54. The van der Waals surface area contributed by atoms with E-state index in [0.717, 1.165) is 19.3 Å². The van der Waals surface area contributed by atoms with Crippen LogP contribution in [0.15, 0.2) is 18.7 Å². The number of hydrogen-bond donors (Lipinski definition) is 2. The van der Waals surface area contributed by atoms with E-state index in [0.29, 0.717) is 6.42 Å². The predicted molar refractivity (Wildman–Crippen MR) is 59.7 cm³/mol. The maximum atomic E-state index is 11.2. The normalized spacial score (nSPS) is 10.5. The maximum absolute atomic E-state index is 11.2. The number of halogens is 4. The standard InChI is InChI=1S/C9H15N3O.BF4/c1-2-3-4-5-9(13)11-12-7-6-10-8-12;2-1(3,4)5/h6-8H,2-5H2,1H3,(H,11,13);/q;-1/p+1. The Hall–Kier alpha value is -1.54. The van der Waals surface area contributed by atoms with Gasteiger partial charge in [0.05, 0.1) is 0 Å². The first-order valence-electron chi connectivity index (χ1n) is 5.54. The lowest BCUT2D eigenvalue weighted by molar-refractivity contribution is -0.640. The van der Waals surface area contributed by atoms with Crippen molar-refractivity contribution in [3.05, 3.63) is 18.7 Å². The highest BCUT2D eigenvalue weighted by Crippen LogP contribution is 2.06. The number of H-pyrrole nitrogens is 1. The van der Waals surface area contributed by atoms with Crippen LogP contribution < -0.4 is 10.1 Å². The quantitative estimate of drug-likeness (QED) is 0.366. The summed E-state index contributed by atoms with van der Waals surface area (Å²) in [6, 6.07) is 0. The molecule has 0 saturated carbocycles. The molecule has 1 heterocycles.